The first kappa shape index (κ1) is 22.0. The largest absolute Gasteiger partial charge is 0.497 e. The summed E-state index contributed by atoms with van der Waals surface area (Å²) in [7, 11) is 0.260. The lowest BCUT2D eigenvalue weighted by atomic mass is 10.1. The first-order valence-corrected chi connectivity index (χ1v) is 11.9. The molecule has 2 aromatic carbocycles. The summed E-state index contributed by atoms with van der Waals surface area (Å²) in [5, 5.41) is 12.1. The van der Waals surface area contributed by atoms with Crippen molar-refractivity contribution in [2.45, 2.75) is 24.5 Å². The zero-order valence-electron chi connectivity index (χ0n) is 18.8. The van der Waals surface area contributed by atoms with E-state index >= 15 is 0 Å². The van der Waals surface area contributed by atoms with E-state index in [9.17, 15) is 8.42 Å². The maximum absolute atomic E-state index is 13.2. The van der Waals surface area contributed by atoms with Gasteiger partial charge in [0.1, 0.15) is 27.5 Å². The van der Waals surface area contributed by atoms with Crippen molar-refractivity contribution in [1.29, 1.82) is 0 Å². The smallest absolute Gasteiger partial charge is 0.266 e. The Balaban J connectivity index is 1.50. The van der Waals surface area contributed by atoms with Crippen molar-refractivity contribution < 1.29 is 27.2 Å². The van der Waals surface area contributed by atoms with E-state index in [0.717, 1.165) is 24.3 Å². The fourth-order valence-corrected chi connectivity index (χ4v) is 5.21. The number of anilines is 1. The topological polar surface area (TPSA) is 130 Å². The van der Waals surface area contributed by atoms with Crippen molar-refractivity contribution in [2.75, 3.05) is 26.1 Å². The molecular formula is C22H23N5O6S. The Labute approximate surface area is 195 Å². The molecule has 12 heteroatoms. The van der Waals surface area contributed by atoms with Gasteiger partial charge in [-0.25, -0.2) is 8.42 Å². The highest BCUT2D eigenvalue weighted by Crippen LogP contribution is 2.36. The van der Waals surface area contributed by atoms with Crippen molar-refractivity contribution in [2.24, 2.45) is 0 Å². The lowest BCUT2D eigenvalue weighted by molar-refractivity contribution is 0.392. The number of rotatable bonds is 8. The molecule has 2 aromatic heterocycles. The normalized spacial score (nSPS) is 13.1. The van der Waals surface area contributed by atoms with Gasteiger partial charge in [-0.15, -0.1) is 0 Å². The monoisotopic (exact) mass is 485 g/mol. The van der Waals surface area contributed by atoms with Gasteiger partial charge in [0.25, 0.3) is 10.0 Å². The molecule has 0 amide bonds. The molecular weight excluding hydrogens is 462 g/mol. The van der Waals surface area contributed by atoms with Crippen LogP contribution < -0.4 is 24.2 Å². The van der Waals surface area contributed by atoms with Gasteiger partial charge in [0.15, 0.2) is 11.4 Å². The molecule has 0 aliphatic carbocycles. The van der Waals surface area contributed by atoms with E-state index in [-0.39, 0.29) is 16.5 Å². The number of fused-ring (bicyclic) bond motifs is 2. The van der Waals surface area contributed by atoms with Crippen molar-refractivity contribution in [3.05, 3.63) is 53.3 Å². The molecule has 3 heterocycles. The molecule has 0 saturated carbocycles. The Bertz CT molecular complexity index is 1480. The average molecular weight is 486 g/mol. The summed E-state index contributed by atoms with van der Waals surface area (Å²) in [6.45, 7) is 2.07. The highest BCUT2D eigenvalue weighted by molar-refractivity contribution is 7.92. The molecule has 34 heavy (non-hydrogen) atoms. The molecule has 0 spiro atoms. The maximum Gasteiger partial charge on any atom is 0.266 e. The van der Waals surface area contributed by atoms with Gasteiger partial charge >= 0.3 is 0 Å². The fourth-order valence-electron chi connectivity index (χ4n) is 4.01. The van der Waals surface area contributed by atoms with E-state index in [2.05, 4.69) is 20.3 Å². The van der Waals surface area contributed by atoms with Crippen LogP contribution in [0, 0.1) is 0 Å². The lowest BCUT2D eigenvalue weighted by Gasteiger charge is -2.12. The molecule has 0 atom stereocenters. The Morgan fingerprint density at radius 3 is 2.68 bits per heavy atom. The predicted octanol–water partition coefficient (Wildman–Crippen LogP) is 2.50. The molecule has 5 rings (SSSR count). The molecule has 0 radical (unpaired) electrons. The quantitative estimate of drug-likeness (QED) is 0.387. The van der Waals surface area contributed by atoms with Crippen LogP contribution in [0.15, 0.2) is 45.9 Å². The highest BCUT2D eigenvalue weighted by atomic mass is 32.2. The number of nitrogens with one attached hydrogen (secondary N) is 2. The Morgan fingerprint density at radius 2 is 1.91 bits per heavy atom. The van der Waals surface area contributed by atoms with Gasteiger partial charge in [0, 0.05) is 24.7 Å². The van der Waals surface area contributed by atoms with Crippen molar-refractivity contribution in [1.82, 2.24) is 20.3 Å². The first-order chi connectivity index (χ1) is 16.4. The van der Waals surface area contributed by atoms with Gasteiger partial charge in [-0.2, -0.15) is 5.10 Å². The molecule has 1 aliphatic rings. The van der Waals surface area contributed by atoms with Crippen LogP contribution in [0.25, 0.3) is 11.0 Å². The van der Waals surface area contributed by atoms with Crippen molar-refractivity contribution in [3.63, 3.8) is 0 Å². The van der Waals surface area contributed by atoms with Crippen molar-refractivity contribution >= 4 is 26.8 Å². The van der Waals surface area contributed by atoms with Crippen LogP contribution in [-0.2, 0) is 29.7 Å². The minimum atomic E-state index is -4.09. The van der Waals surface area contributed by atoms with Crippen molar-refractivity contribution in [3.8, 4) is 17.2 Å². The van der Waals surface area contributed by atoms with Gasteiger partial charge in [-0.05, 0) is 29.8 Å². The molecule has 11 nitrogen and oxygen atoms in total. The van der Waals surface area contributed by atoms with Gasteiger partial charge in [0.05, 0.1) is 39.8 Å². The number of nitrogens with zero attached hydrogens (tertiary/aromatic N) is 3. The molecule has 4 aromatic rings. The third kappa shape index (κ3) is 3.80. The summed E-state index contributed by atoms with van der Waals surface area (Å²) in [4.78, 5) is -0.0952. The van der Waals surface area contributed by atoms with Crippen LogP contribution >= 0.6 is 0 Å². The second-order valence-electron chi connectivity index (χ2n) is 7.70. The number of hydrogen-bond donors (Lipinski definition) is 2. The summed E-state index contributed by atoms with van der Waals surface area (Å²) in [6.07, 6.45) is 1.86. The Morgan fingerprint density at radius 1 is 1.09 bits per heavy atom. The van der Waals surface area contributed by atoms with E-state index in [0.29, 0.717) is 29.0 Å². The van der Waals surface area contributed by atoms with Crippen LogP contribution in [0.5, 0.6) is 17.2 Å². The number of sulfonamides is 1. The third-order valence-corrected chi connectivity index (χ3v) is 7.04. The SMILES string of the molecule is COc1ccc(OC)c(S(=O)(=O)Nc2noc3cc(Cn4ncc5c4CNC5)cc(OC)c23)c1. The Kier molecular flexibility index (Phi) is 5.54. The van der Waals surface area contributed by atoms with Gasteiger partial charge in [-0.1, -0.05) is 5.16 Å². The van der Waals surface area contributed by atoms with E-state index in [1.54, 1.807) is 12.1 Å². The molecule has 0 fully saturated rings. The summed E-state index contributed by atoms with van der Waals surface area (Å²) in [5.74, 6) is 0.962. The number of aromatic nitrogens is 3. The summed E-state index contributed by atoms with van der Waals surface area (Å²) in [5.41, 5.74) is 3.57. The van der Waals surface area contributed by atoms with Crippen LogP contribution in [0.1, 0.15) is 16.8 Å². The Hall–Kier alpha value is -3.77. The number of benzene rings is 2. The minimum absolute atomic E-state index is 0.00690. The average Bonchev–Trinajstić information content (AvgIpc) is 3.56. The maximum atomic E-state index is 13.2. The zero-order chi connectivity index (χ0) is 23.9. The second-order valence-corrected chi connectivity index (χ2v) is 9.35. The number of methoxy groups -OCH3 is 3. The van der Waals surface area contributed by atoms with Crippen LogP contribution in [0.3, 0.4) is 0 Å². The van der Waals surface area contributed by atoms with Crippen LogP contribution in [-0.4, -0.2) is 44.7 Å². The molecule has 0 saturated heterocycles. The lowest BCUT2D eigenvalue weighted by Crippen LogP contribution is -2.15. The van der Waals surface area contributed by atoms with E-state index < -0.39 is 10.0 Å². The van der Waals surface area contributed by atoms with Crippen LogP contribution in [0.2, 0.25) is 0 Å². The summed E-state index contributed by atoms with van der Waals surface area (Å²) in [6, 6.07) is 8.11. The zero-order valence-corrected chi connectivity index (χ0v) is 19.6. The van der Waals surface area contributed by atoms with E-state index in [4.69, 9.17) is 18.7 Å². The first-order valence-electron chi connectivity index (χ1n) is 10.4. The van der Waals surface area contributed by atoms with Crippen LogP contribution in [0.4, 0.5) is 5.82 Å². The minimum Gasteiger partial charge on any atom is -0.497 e. The van der Waals surface area contributed by atoms with Gasteiger partial charge < -0.3 is 24.1 Å². The standard InChI is InChI=1S/C22H23N5O6S/c1-30-15-4-5-17(31-2)20(8-15)34(28,29)26-22-21-18(32-3)6-13(7-19(21)33-25-22)12-27-16-11-23-9-14(16)10-24-27/h4-8,10,23H,9,11-12H2,1-3H3,(H,25,26). The van der Waals surface area contributed by atoms with E-state index in [1.165, 1.54) is 39.0 Å². The number of hydrogen-bond acceptors (Lipinski definition) is 9. The molecule has 2 N–H and O–H groups in total. The second kappa shape index (κ2) is 8.54. The predicted molar refractivity (Wildman–Crippen MR) is 123 cm³/mol. The highest BCUT2D eigenvalue weighted by Gasteiger charge is 2.25. The summed E-state index contributed by atoms with van der Waals surface area (Å²) >= 11 is 0. The summed E-state index contributed by atoms with van der Waals surface area (Å²) < 4.78 is 52.2. The molecule has 178 valence electrons. The molecule has 0 unspecified atom stereocenters. The third-order valence-electron chi connectivity index (χ3n) is 5.68. The fraction of sp³-hybridized carbons (Fsp3) is 0.273. The number of ether oxygens (including phenoxy) is 3. The molecule has 1 aliphatic heterocycles. The van der Waals surface area contributed by atoms with Gasteiger partial charge in [0.2, 0.25) is 0 Å². The van der Waals surface area contributed by atoms with Gasteiger partial charge in [-0.3, -0.25) is 9.40 Å². The molecule has 0 bridgehead atoms. The van der Waals surface area contributed by atoms with E-state index in [1.807, 2.05) is 16.9 Å².